The van der Waals surface area contributed by atoms with Crippen LogP contribution in [-0.4, -0.2) is 34.6 Å². The third-order valence-electron chi connectivity index (χ3n) is 5.11. The van der Waals surface area contributed by atoms with Crippen LogP contribution in [-0.2, 0) is 4.79 Å². The first-order valence-corrected chi connectivity index (χ1v) is 7.34. The maximum Gasteiger partial charge on any atom is 0.310 e. The fraction of sp³-hybridized carbons (Fsp3) is 0.933. The molecule has 2 rings (SSSR count). The minimum Gasteiger partial charge on any atom is -0.481 e. The van der Waals surface area contributed by atoms with Crippen molar-refractivity contribution in [2.45, 2.75) is 64.8 Å². The first-order chi connectivity index (χ1) is 8.36. The van der Waals surface area contributed by atoms with Gasteiger partial charge in [0.05, 0.1) is 5.41 Å². The highest BCUT2D eigenvalue weighted by Crippen LogP contribution is 2.42. The molecule has 0 radical (unpaired) electrons. The van der Waals surface area contributed by atoms with E-state index in [1.54, 1.807) is 0 Å². The van der Waals surface area contributed by atoms with Crippen molar-refractivity contribution < 1.29 is 9.90 Å². The number of carboxylic acids is 1. The van der Waals surface area contributed by atoms with Gasteiger partial charge in [0.15, 0.2) is 0 Å². The molecule has 1 heterocycles. The third-order valence-corrected chi connectivity index (χ3v) is 5.11. The molecule has 0 aromatic carbocycles. The van der Waals surface area contributed by atoms with Gasteiger partial charge in [0.25, 0.3) is 0 Å². The lowest BCUT2D eigenvalue weighted by atomic mass is 9.69. The Morgan fingerprint density at radius 3 is 2.56 bits per heavy atom. The van der Waals surface area contributed by atoms with E-state index in [2.05, 4.69) is 25.7 Å². The number of carbonyl (C=O) groups is 1. The molecule has 0 spiro atoms. The molecule has 2 atom stereocenters. The molecule has 3 heteroatoms. The second-order valence-electron chi connectivity index (χ2n) is 7.12. The average molecular weight is 253 g/mol. The Hall–Kier alpha value is -0.570. The fourth-order valence-corrected chi connectivity index (χ4v) is 3.89. The number of rotatable bonds is 3. The van der Waals surface area contributed by atoms with Crippen LogP contribution in [0.1, 0.15) is 59.3 Å². The predicted molar refractivity (Wildman–Crippen MR) is 72.6 cm³/mol. The van der Waals surface area contributed by atoms with Crippen molar-refractivity contribution in [1.29, 1.82) is 0 Å². The van der Waals surface area contributed by atoms with Gasteiger partial charge < -0.3 is 5.11 Å². The normalized spacial score (nSPS) is 36.7. The van der Waals surface area contributed by atoms with Gasteiger partial charge in [0.2, 0.25) is 0 Å². The second-order valence-corrected chi connectivity index (χ2v) is 7.12. The largest absolute Gasteiger partial charge is 0.481 e. The number of likely N-dealkylation sites (tertiary alicyclic amines) is 1. The average Bonchev–Trinajstić information content (AvgIpc) is 2.58. The first-order valence-electron chi connectivity index (χ1n) is 7.34. The van der Waals surface area contributed by atoms with Crippen molar-refractivity contribution in [1.82, 2.24) is 4.90 Å². The van der Waals surface area contributed by atoms with Crippen LogP contribution in [0.4, 0.5) is 0 Å². The van der Waals surface area contributed by atoms with E-state index in [0.717, 1.165) is 32.4 Å². The Balaban J connectivity index is 2.13. The standard InChI is InChI=1S/C15H27NO2/c1-12-6-4-8-15(10-12,13(17)18)11-16-9-5-7-14(16,2)3/h12H,4-11H2,1-3H3,(H,17,18). The number of nitrogens with zero attached hydrogens (tertiary/aromatic N) is 1. The van der Waals surface area contributed by atoms with Crippen LogP contribution in [0.15, 0.2) is 0 Å². The third kappa shape index (κ3) is 2.56. The quantitative estimate of drug-likeness (QED) is 0.840. The lowest BCUT2D eigenvalue weighted by molar-refractivity contribution is -0.154. The van der Waals surface area contributed by atoms with E-state index in [4.69, 9.17) is 0 Å². The fourth-order valence-electron chi connectivity index (χ4n) is 3.89. The summed E-state index contributed by atoms with van der Waals surface area (Å²) in [4.78, 5) is 14.2. The second kappa shape index (κ2) is 4.84. The molecule has 1 saturated carbocycles. The molecule has 1 saturated heterocycles. The van der Waals surface area contributed by atoms with E-state index in [1.165, 1.54) is 19.3 Å². The number of carboxylic acid groups (broad SMARTS) is 1. The Kier molecular flexibility index (Phi) is 3.72. The predicted octanol–water partition coefficient (Wildman–Crippen LogP) is 3.14. The van der Waals surface area contributed by atoms with E-state index in [1.807, 2.05) is 0 Å². The summed E-state index contributed by atoms with van der Waals surface area (Å²) < 4.78 is 0. The van der Waals surface area contributed by atoms with Gasteiger partial charge in [-0.1, -0.05) is 19.8 Å². The van der Waals surface area contributed by atoms with Crippen LogP contribution >= 0.6 is 0 Å². The highest BCUT2D eigenvalue weighted by Gasteiger charge is 2.46. The maximum absolute atomic E-state index is 11.8. The Bertz CT molecular complexity index is 326. The van der Waals surface area contributed by atoms with Gasteiger partial charge >= 0.3 is 5.97 Å². The summed E-state index contributed by atoms with van der Waals surface area (Å²) in [7, 11) is 0. The van der Waals surface area contributed by atoms with Gasteiger partial charge in [0, 0.05) is 12.1 Å². The van der Waals surface area contributed by atoms with E-state index < -0.39 is 11.4 Å². The summed E-state index contributed by atoms with van der Waals surface area (Å²) in [6.45, 7) is 8.52. The molecule has 2 aliphatic rings. The number of hydrogen-bond acceptors (Lipinski definition) is 2. The monoisotopic (exact) mass is 253 g/mol. The van der Waals surface area contributed by atoms with Crippen LogP contribution in [0.25, 0.3) is 0 Å². The van der Waals surface area contributed by atoms with Crippen molar-refractivity contribution in [2.24, 2.45) is 11.3 Å². The molecule has 2 unspecified atom stereocenters. The van der Waals surface area contributed by atoms with Crippen LogP contribution in [0, 0.1) is 11.3 Å². The molecule has 0 aromatic rings. The molecule has 1 aliphatic heterocycles. The van der Waals surface area contributed by atoms with Gasteiger partial charge in [0.1, 0.15) is 0 Å². The van der Waals surface area contributed by atoms with Crippen molar-refractivity contribution in [3.8, 4) is 0 Å². The molecule has 0 bridgehead atoms. The summed E-state index contributed by atoms with van der Waals surface area (Å²) >= 11 is 0. The van der Waals surface area contributed by atoms with Gasteiger partial charge in [-0.15, -0.1) is 0 Å². The molecule has 0 aromatic heterocycles. The van der Waals surface area contributed by atoms with Crippen molar-refractivity contribution in [2.75, 3.05) is 13.1 Å². The van der Waals surface area contributed by atoms with Crippen molar-refractivity contribution in [3.05, 3.63) is 0 Å². The van der Waals surface area contributed by atoms with E-state index in [9.17, 15) is 9.90 Å². The summed E-state index contributed by atoms with van der Waals surface area (Å²) in [5, 5.41) is 9.71. The lowest BCUT2D eigenvalue weighted by Gasteiger charge is -2.43. The van der Waals surface area contributed by atoms with Gasteiger partial charge in [-0.3, -0.25) is 9.69 Å². The number of aliphatic carboxylic acids is 1. The first kappa shape index (κ1) is 13.9. The maximum atomic E-state index is 11.8. The summed E-state index contributed by atoms with van der Waals surface area (Å²) in [6, 6.07) is 0. The number of hydrogen-bond donors (Lipinski definition) is 1. The zero-order chi connectivity index (χ0) is 13.4. The molecular formula is C15H27NO2. The van der Waals surface area contributed by atoms with E-state index in [-0.39, 0.29) is 5.54 Å². The molecular weight excluding hydrogens is 226 g/mol. The molecule has 1 aliphatic carbocycles. The summed E-state index contributed by atoms with van der Waals surface area (Å²) in [5.74, 6) is -0.0164. The smallest absolute Gasteiger partial charge is 0.310 e. The van der Waals surface area contributed by atoms with Crippen molar-refractivity contribution in [3.63, 3.8) is 0 Å². The van der Waals surface area contributed by atoms with E-state index in [0.29, 0.717) is 5.92 Å². The molecule has 2 fully saturated rings. The Labute approximate surface area is 111 Å². The zero-order valence-corrected chi connectivity index (χ0v) is 12.0. The van der Waals surface area contributed by atoms with Crippen LogP contribution < -0.4 is 0 Å². The summed E-state index contributed by atoms with van der Waals surface area (Å²) in [5.41, 5.74) is -0.303. The summed E-state index contributed by atoms with van der Waals surface area (Å²) in [6.07, 6.45) is 6.38. The van der Waals surface area contributed by atoms with E-state index >= 15 is 0 Å². The van der Waals surface area contributed by atoms with Gasteiger partial charge in [-0.2, -0.15) is 0 Å². The minimum atomic E-state index is -0.572. The molecule has 0 amide bonds. The highest BCUT2D eigenvalue weighted by molar-refractivity contribution is 5.75. The molecule has 3 nitrogen and oxygen atoms in total. The molecule has 104 valence electrons. The molecule has 1 N–H and O–H groups in total. The Morgan fingerprint density at radius 2 is 2.06 bits per heavy atom. The zero-order valence-electron chi connectivity index (χ0n) is 12.0. The molecule has 18 heavy (non-hydrogen) atoms. The highest BCUT2D eigenvalue weighted by atomic mass is 16.4. The van der Waals surface area contributed by atoms with Gasteiger partial charge in [-0.05, 0) is 52.0 Å². The minimum absolute atomic E-state index is 0.184. The SMILES string of the molecule is CC1CCCC(CN2CCCC2(C)C)(C(=O)O)C1. The van der Waals surface area contributed by atoms with Crippen LogP contribution in [0.3, 0.4) is 0 Å². The lowest BCUT2D eigenvalue weighted by Crippen LogP contribution is -2.50. The van der Waals surface area contributed by atoms with Crippen molar-refractivity contribution >= 4 is 5.97 Å². The Morgan fingerprint density at radius 1 is 1.33 bits per heavy atom. The topological polar surface area (TPSA) is 40.5 Å². The van der Waals surface area contributed by atoms with Gasteiger partial charge in [-0.25, -0.2) is 0 Å². The van der Waals surface area contributed by atoms with Crippen LogP contribution in [0.5, 0.6) is 0 Å². The van der Waals surface area contributed by atoms with Crippen LogP contribution in [0.2, 0.25) is 0 Å².